The van der Waals surface area contributed by atoms with Gasteiger partial charge in [-0.2, -0.15) is 0 Å². The fourth-order valence-electron chi connectivity index (χ4n) is 2.48. The monoisotopic (exact) mass is 232 g/mol. The number of rotatable bonds is 5. The number of aryl methyl sites for hydroxylation is 2. The number of likely N-dealkylation sites (tertiary alicyclic amines) is 1. The van der Waals surface area contributed by atoms with E-state index >= 15 is 0 Å². The number of aromatic nitrogens is 1. The molecule has 1 aromatic rings. The molecule has 1 aliphatic heterocycles. The van der Waals surface area contributed by atoms with Crippen LogP contribution in [0.3, 0.4) is 0 Å². The van der Waals surface area contributed by atoms with Crippen LogP contribution in [-0.2, 0) is 12.8 Å². The summed E-state index contributed by atoms with van der Waals surface area (Å²) in [5.41, 5.74) is 2.59. The summed E-state index contributed by atoms with van der Waals surface area (Å²) in [5, 5.41) is 0. The van der Waals surface area contributed by atoms with Crippen molar-refractivity contribution in [3.63, 3.8) is 0 Å². The largest absolute Gasteiger partial charge is 0.303 e. The van der Waals surface area contributed by atoms with E-state index in [4.69, 9.17) is 0 Å². The van der Waals surface area contributed by atoms with E-state index in [0.717, 1.165) is 12.8 Å². The highest BCUT2D eigenvalue weighted by atomic mass is 15.1. The molecule has 0 bridgehead atoms. The van der Waals surface area contributed by atoms with Crippen molar-refractivity contribution >= 4 is 0 Å². The Morgan fingerprint density at radius 3 is 2.65 bits per heavy atom. The molecule has 1 fully saturated rings. The highest BCUT2D eigenvalue weighted by Gasteiger charge is 2.09. The summed E-state index contributed by atoms with van der Waals surface area (Å²) in [6.07, 6.45) is 9.69. The second-order valence-electron chi connectivity index (χ2n) is 5.02. The van der Waals surface area contributed by atoms with Crippen LogP contribution in [0, 0.1) is 0 Å². The average molecular weight is 232 g/mol. The molecule has 0 saturated carbocycles. The molecule has 0 amide bonds. The molecule has 1 aliphatic rings. The van der Waals surface area contributed by atoms with E-state index in [2.05, 4.69) is 28.9 Å². The van der Waals surface area contributed by atoms with Crippen molar-refractivity contribution in [3.8, 4) is 0 Å². The van der Waals surface area contributed by atoms with Gasteiger partial charge in [-0.15, -0.1) is 0 Å². The van der Waals surface area contributed by atoms with Crippen LogP contribution in [0.5, 0.6) is 0 Å². The van der Waals surface area contributed by atoms with E-state index in [1.54, 1.807) is 0 Å². The number of hydrogen-bond donors (Lipinski definition) is 0. The second-order valence-corrected chi connectivity index (χ2v) is 5.02. The zero-order chi connectivity index (χ0) is 11.9. The smallest absolute Gasteiger partial charge is 0.0404 e. The molecular weight excluding hydrogens is 208 g/mol. The fourth-order valence-corrected chi connectivity index (χ4v) is 2.48. The Bertz CT molecular complexity index is 312. The summed E-state index contributed by atoms with van der Waals surface area (Å²) in [5.74, 6) is 0. The van der Waals surface area contributed by atoms with Crippen molar-refractivity contribution in [1.29, 1.82) is 0 Å². The first kappa shape index (κ1) is 12.6. The molecule has 0 atom stereocenters. The molecule has 1 aromatic heterocycles. The van der Waals surface area contributed by atoms with Gasteiger partial charge in [-0.05, 0) is 63.4 Å². The van der Waals surface area contributed by atoms with Gasteiger partial charge in [0.15, 0.2) is 0 Å². The predicted octanol–water partition coefficient (Wildman–Crippen LogP) is 3.06. The van der Waals surface area contributed by atoms with E-state index in [0.29, 0.717) is 0 Å². The van der Waals surface area contributed by atoms with Crippen LogP contribution < -0.4 is 0 Å². The van der Waals surface area contributed by atoms with Crippen molar-refractivity contribution < 1.29 is 0 Å². The van der Waals surface area contributed by atoms with Crippen LogP contribution >= 0.6 is 0 Å². The Kier molecular flexibility index (Phi) is 4.99. The summed E-state index contributed by atoms with van der Waals surface area (Å²) < 4.78 is 0. The minimum atomic E-state index is 1.08. The van der Waals surface area contributed by atoms with Crippen LogP contribution in [0.1, 0.15) is 43.9 Å². The van der Waals surface area contributed by atoms with Gasteiger partial charge in [0.1, 0.15) is 0 Å². The van der Waals surface area contributed by atoms with Gasteiger partial charge < -0.3 is 4.90 Å². The lowest BCUT2D eigenvalue weighted by atomic mass is 10.1. The quantitative estimate of drug-likeness (QED) is 0.775. The molecule has 0 unspecified atom stereocenters. The Hall–Kier alpha value is -0.890. The Labute approximate surface area is 105 Å². The van der Waals surface area contributed by atoms with Gasteiger partial charge in [-0.1, -0.05) is 19.4 Å². The molecule has 1 saturated heterocycles. The molecule has 0 aliphatic carbocycles. The van der Waals surface area contributed by atoms with Crippen molar-refractivity contribution in [2.45, 2.75) is 45.4 Å². The molecule has 17 heavy (non-hydrogen) atoms. The molecule has 94 valence electrons. The van der Waals surface area contributed by atoms with Crippen LogP contribution in [-0.4, -0.2) is 29.5 Å². The fraction of sp³-hybridized carbons (Fsp3) is 0.667. The maximum Gasteiger partial charge on any atom is 0.0404 e. The molecule has 2 nitrogen and oxygen atoms in total. The molecule has 2 heterocycles. The van der Waals surface area contributed by atoms with Gasteiger partial charge in [0, 0.05) is 11.9 Å². The summed E-state index contributed by atoms with van der Waals surface area (Å²) in [7, 11) is 0. The van der Waals surface area contributed by atoms with Crippen LogP contribution in [0.2, 0.25) is 0 Å². The van der Waals surface area contributed by atoms with Gasteiger partial charge in [0.05, 0.1) is 0 Å². The lowest BCUT2D eigenvalue weighted by Crippen LogP contribution is -2.30. The standard InChI is InChI=1S/C15H24N2/c1-2-14-8-9-15(16-13-14)7-6-12-17-10-4-3-5-11-17/h8-9,13H,2-7,10-12H2,1H3. The van der Waals surface area contributed by atoms with Crippen LogP contribution in [0.4, 0.5) is 0 Å². The van der Waals surface area contributed by atoms with Gasteiger partial charge in [-0.25, -0.2) is 0 Å². The Balaban J connectivity index is 1.69. The zero-order valence-corrected chi connectivity index (χ0v) is 11.0. The third-order valence-electron chi connectivity index (χ3n) is 3.65. The first-order valence-corrected chi connectivity index (χ1v) is 7.04. The van der Waals surface area contributed by atoms with Gasteiger partial charge in [0.25, 0.3) is 0 Å². The highest BCUT2D eigenvalue weighted by molar-refractivity contribution is 5.13. The minimum Gasteiger partial charge on any atom is -0.303 e. The number of piperidine rings is 1. The summed E-state index contributed by atoms with van der Waals surface area (Å²) in [4.78, 5) is 7.11. The number of hydrogen-bond acceptors (Lipinski definition) is 2. The Morgan fingerprint density at radius 1 is 1.18 bits per heavy atom. The molecule has 2 rings (SSSR count). The van der Waals surface area contributed by atoms with Gasteiger partial charge in [0.2, 0.25) is 0 Å². The van der Waals surface area contributed by atoms with Gasteiger partial charge in [-0.3, -0.25) is 4.98 Å². The third-order valence-corrected chi connectivity index (χ3v) is 3.65. The molecule has 0 radical (unpaired) electrons. The van der Waals surface area contributed by atoms with Crippen molar-refractivity contribution in [2.75, 3.05) is 19.6 Å². The second kappa shape index (κ2) is 6.75. The first-order valence-electron chi connectivity index (χ1n) is 7.04. The SMILES string of the molecule is CCc1ccc(CCCN2CCCCC2)nc1. The van der Waals surface area contributed by atoms with Crippen LogP contribution in [0.25, 0.3) is 0 Å². The Morgan fingerprint density at radius 2 is 2.00 bits per heavy atom. The summed E-state index contributed by atoms with van der Waals surface area (Å²) in [6, 6.07) is 4.40. The molecular formula is C15H24N2. The summed E-state index contributed by atoms with van der Waals surface area (Å²) >= 11 is 0. The average Bonchev–Trinajstić information content (AvgIpc) is 2.41. The van der Waals surface area contributed by atoms with E-state index in [1.807, 2.05) is 6.20 Å². The topological polar surface area (TPSA) is 16.1 Å². The molecule has 2 heteroatoms. The third kappa shape index (κ3) is 4.12. The van der Waals surface area contributed by atoms with Gasteiger partial charge >= 0.3 is 0 Å². The molecule has 0 aromatic carbocycles. The van der Waals surface area contributed by atoms with Crippen molar-refractivity contribution in [3.05, 3.63) is 29.6 Å². The van der Waals surface area contributed by atoms with Crippen molar-refractivity contribution in [2.24, 2.45) is 0 Å². The highest BCUT2D eigenvalue weighted by Crippen LogP contribution is 2.10. The maximum atomic E-state index is 4.51. The molecule has 0 spiro atoms. The maximum absolute atomic E-state index is 4.51. The summed E-state index contributed by atoms with van der Waals surface area (Å²) in [6.45, 7) is 6.04. The van der Waals surface area contributed by atoms with E-state index < -0.39 is 0 Å². The predicted molar refractivity (Wildman–Crippen MR) is 72.2 cm³/mol. The first-order chi connectivity index (χ1) is 8.38. The number of pyridine rings is 1. The minimum absolute atomic E-state index is 1.08. The van der Waals surface area contributed by atoms with Crippen molar-refractivity contribution in [1.82, 2.24) is 9.88 Å². The normalized spacial score (nSPS) is 17.2. The lowest BCUT2D eigenvalue weighted by molar-refractivity contribution is 0.226. The number of nitrogens with zero attached hydrogens (tertiary/aromatic N) is 2. The zero-order valence-electron chi connectivity index (χ0n) is 11.0. The van der Waals surface area contributed by atoms with E-state index in [9.17, 15) is 0 Å². The molecule has 0 N–H and O–H groups in total. The van der Waals surface area contributed by atoms with E-state index in [1.165, 1.54) is 56.6 Å². The van der Waals surface area contributed by atoms with Crippen LogP contribution in [0.15, 0.2) is 18.3 Å². The van der Waals surface area contributed by atoms with E-state index in [-0.39, 0.29) is 0 Å². The lowest BCUT2D eigenvalue weighted by Gasteiger charge is -2.26.